The number of para-hydroxylation sites is 1. The van der Waals surface area contributed by atoms with Gasteiger partial charge in [0, 0.05) is 18.8 Å². The minimum atomic E-state index is 0.709. The van der Waals surface area contributed by atoms with Crippen LogP contribution in [0.1, 0.15) is 13.8 Å². The highest BCUT2D eigenvalue weighted by molar-refractivity contribution is 5.49. The molecule has 1 aromatic rings. The molecule has 2 rings (SSSR count). The van der Waals surface area contributed by atoms with Crippen molar-refractivity contribution in [2.24, 2.45) is 5.92 Å². The maximum absolute atomic E-state index is 2.44. The van der Waals surface area contributed by atoms with Crippen molar-refractivity contribution >= 4 is 5.69 Å². The summed E-state index contributed by atoms with van der Waals surface area (Å²) in [5.41, 5.74) is 2.91. The van der Waals surface area contributed by atoms with E-state index in [9.17, 15) is 0 Å². The lowest BCUT2D eigenvalue weighted by atomic mass is 10.1. The van der Waals surface area contributed by atoms with Crippen molar-refractivity contribution in [1.29, 1.82) is 0 Å². The molecular formula is C13H17N. The Morgan fingerprint density at radius 3 is 2.57 bits per heavy atom. The average molecular weight is 187 g/mol. The molecule has 1 saturated heterocycles. The van der Waals surface area contributed by atoms with Crippen LogP contribution < -0.4 is 4.90 Å². The first-order valence-corrected chi connectivity index (χ1v) is 5.26. The molecule has 0 N–H and O–H groups in total. The van der Waals surface area contributed by atoms with Crippen LogP contribution in [0.2, 0.25) is 0 Å². The number of anilines is 1. The Balaban J connectivity index is 2.17. The Labute approximate surface area is 86.1 Å². The maximum Gasteiger partial charge on any atom is 0.0392 e. The molecule has 1 aliphatic heterocycles. The van der Waals surface area contributed by atoms with Gasteiger partial charge in [-0.15, -0.1) is 0 Å². The third-order valence-electron chi connectivity index (χ3n) is 2.99. The van der Waals surface area contributed by atoms with Crippen molar-refractivity contribution in [3.05, 3.63) is 42.0 Å². The van der Waals surface area contributed by atoms with Gasteiger partial charge in [-0.25, -0.2) is 0 Å². The fourth-order valence-corrected chi connectivity index (χ4v) is 2.10. The van der Waals surface area contributed by atoms with Crippen molar-refractivity contribution in [2.75, 3.05) is 18.0 Å². The molecule has 0 radical (unpaired) electrons. The van der Waals surface area contributed by atoms with Crippen LogP contribution in [0.3, 0.4) is 0 Å². The lowest BCUT2D eigenvalue weighted by Gasteiger charge is -2.17. The van der Waals surface area contributed by atoms with E-state index in [1.807, 2.05) is 0 Å². The van der Waals surface area contributed by atoms with Gasteiger partial charge in [-0.1, -0.05) is 36.8 Å². The third kappa shape index (κ3) is 1.67. The van der Waals surface area contributed by atoms with E-state index in [0.717, 1.165) is 13.1 Å². The average Bonchev–Trinajstić information content (AvgIpc) is 2.61. The lowest BCUT2D eigenvalue weighted by Crippen LogP contribution is -2.18. The lowest BCUT2D eigenvalue weighted by molar-refractivity contribution is 0.756. The first-order chi connectivity index (χ1) is 6.81. The van der Waals surface area contributed by atoms with Gasteiger partial charge >= 0.3 is 0 Å². The van der Waals surface area contributed by atoms with Crippen LogP contribution in [0.15, 0.2) is 42.0 Å². The Morgan fingerprint density at radius 1 is 1.29 bits per heavy atom. The minimum Gasteiger partial charge on any atom is -0.367 e. The Kier molecular flexibility index (Phi) is 2.58. The molecule has 74 valence electrons. The molecular weight excluding hydrogens is 170 g/mol. The molecule has 0 spiro atoms. The maximum atomic E-state index is 2.44. The summed E-state index contributed by atoms with van der Waals surface area (Å²) in [5, 5.41) is 0. The minimum absolute atomic E-state index is 0.709. The summed E-state index contributed by atoms with van der Waals surface area (Å²) in [5.74, 6) is 0.709. The molecule has 14 heavy (non-hydrogen) atoms. The van der Waals surface area contributed by atoms with Crippen LogP contribution >= 0.6 is 0 Å². The molecule has 1 nitrogen and oxygen atoms in total. The van der Waals surface area contributed by atoms with Crippen LogP contribution in [0.5, 0.6) is 0 Å². The van der Waals surface area contributed by atoms with E-state index < -0.39 is 0 Å². The van der Waals surface area contributed by atoms with Gasteiger partial charge in [0.05, 0.1) is 0 Å². The molecule has 0 aromatic heterocycles. The van der Waals surface area contributed by atoms with Crippen molar-refractivity contribution in [3.63, 3.8) is 0 Å². The highest BCUT2D eigenvalue weighted by Crippen LogP contribution is 2.26. The van der Waals surface area contributed by atoms with Gasteiger partial charge in [0.15, 0.2) is 0 Å². The molecule has 1 heterocycles. The Bertz CT molecular complexity index is 326. The van der Waals surface area contributed by atoms with Crippen molar-refractivity contribution < 1.29 is 0 Å². The second-order valence-electron chi connectivity index (χ2n) is 3.98. The highest BCUT2D eigenvalue weighted by Gasteiger charge is 2.22. The quantitative estimate of drug-likeness (QED) is 0.611. The van der Waals surface area contributed by atoms with Crippen LogP contribution in [0.4, 0.5) is 5.69 Å². The van der Waals surface area contributed by atoms with E-state index in [-0.39, 0.29) is 0 Å². The van der Waals surface area contributed by atoms with Crippen molar-refractivity contribution in [2.45, 2.75) is 13.8 Å². The predicted molar refractivity (Wildman–Crippen MR) is 61.6 cm³/mol. The molecule has 0 bridgehead atoms. The topological polar surface area (TPSA) is 3.24 Å². The summed E-state index contributed by atoms with van der Waals surface area (Å²) in [6.07, 6.45) is 2.26. The highest BCUT2D eigenvalue weighted by atomic mass is 15.2. The first kappa shape index (κ1) is 9.32. The first-order valence-electron chi connectivity index (χ1n) is 5.26. The van der Waals surface area contributed by atoms with Gasteiger partial charge in [0.25, 0.3) is 0 Å². The van der Waals surface area contributed by atoms with E-state index in [1.54, 1.807) is 5.57 Å². The predicted octanol–water partition coefficient (Wildman–Crippen LogP) is 3.09. The number of rotatable bonds is 1. The Morgan fingerprint density at radius 2 is 2.00 bits per heavy atom. The van der Waals surface area contributed by atoms with E-state index in [1.165, 1.54) is 5.69 Å². The van der Waals surface area contributed by atoms with Gasteiger partial charge < -0.3 is 4.90 Å². The smallest absolute Gasteiger partial charge is 0.0392 e. The summed E-state index contributed by atoms with van der Waals surface area (Å²) < 4.78 is 0. The third-order valence-corrected chi connectivity index (χ3v) is 2.99. The molecule has 1 aliphatic rings. The Hall–Kier alpha value is -1.24. The van der Waals surface area contributed by atoms with Crippen molar-refractivity contribution in [1.82, 2.24) is 0 Å². The van der Waals surface area contributed by atoms with Crippen LogP contribution in [-0.2, 0) is 0 Å². The SMILES string of the molecule is CC=C1CN(c2ccccc2)CC1C. The molecule has 1 heteroatoms. The van der Waals surface area contributed by atoms with Gasteiger partial charge in [0.2, 0.25) is 0 Å². The number of allylic oxidation sites excluding steroid dienone is 1. The normalized spacial score (nSPS) is 24.6. The molecule has 0 saturated carbocycles. The van der Waals surface area contributed by atoms with Crippen LogP contribution in [0, 0.1) is 5.92 Å². The van der Waals surface area contributed by atoms with Crippen molar-refractivity contribution in [3.8, 4) is 0 Å². The fourth-order valence-electron chi connectivity index (χ4n) is 2.10. The van der Waals surface area contributed by atoms with E-state index in [4.69, 9.17) is 0 Å². The number of nitrogens with zero attached hydrogens (tertiary/aromatic N) is 1. The zero-order chi connectivity index (χ0) is 9.97. The number of hydrogen-bond acceptors (Lipinski definition) is 1. The van der Waals surface area contributed by atoms with Gasteiger partial charge in [0.1, 0.15) is 0 Å². The molecule has 0 amide bonds. The van der Waals surface area contributed by atoms with E-state index in [0.29, 0.717) is 5.92 Å². The van der Waals surface area contributed by atoms with E-state index in [2.05, 4.69) is 55.2 Å². The summed E-state index contributed by atoms with van der Waals surface area (Å²) in [4.78, 5) is 2.44. The number of benzene rings is 1. The number of hydrogen-bond donors (Lipinski definition) is 0. The fraction of sp³-hybridized carbons (Fsp3) is 0.385. The molecule has 1 atom stereocenters. The van der Waals surface area contributed by atoms with Crippen LogP contribution in [-0.4, -0.2) is 13.1 Å². The summed E-state index contributed by atoms with van der Waals surface area (Å²) in [6.45, 7) is 6.70. The van der Waals surface area contributed by atoms with E-state index >= 15 is 0 Å². The monoisotopic (exact) mass is 187 g/mol. The zero-order valence-electron chi connectivity index (χ0n) is 8.90. The van der Waals surface area contributed by atoms with Gasteiger partial charge in [-0.05, 0) is 25.0 Å². The molecule has 1 unspecified atom stereocenters. The summed E-state index contributed by atoms with van der Waals surface area (Å²) in [6, 6.07) is 10.7. The summed E-state index contributed by atoms with van der Waals surface area (Å²) >= 11 is 0. The second kappa shape index (κ2) is 3.87. The van der Waals surface area contributed by atoms with Crippen LogP contribution in [0.25, 0.3) is 0 Å². The second-order valence-corrected chi connectivity index (χ2v) is 3.98. The zero-order valence-corrected chi connectivity index (χ0v) is 8.90. The van der Waals surface area contributed by atoms with Gasteiger partial charge in [-0.3, -0.25) is 0 Å². The summed E-state index contributed by atoms with van der Waals surface area (Å²) in [7, 11) is 0. The standard InChI is InChI=1S/C13H17N/c1-3-12-10-14(9-11(12)2)13-7-5-4-6-8-13/h3-8,11H,9-10H2,1-2H3. The largest absolute Gasteiger partial charge is 0.367 e. The van der Waals surface area contributed by atoms with Gasteiger partial charge in [-0.2, -0.15) is 0 Å². The molecule has 1 aromatic carbocycles. The molecule has 0 aliphatic carbocycles. The molecule has 1 fully saturated rings.